The van der Waals surface area contributed by atoms with Gasteiger partial charge in [-0.2, -0.15) is 4.31 Å². The molecule has 1 aromatic heterocycles. The smallest absolute Gasteiger partial charge is 0.243 e. The van der Waals surface area contributed by atoms with Crippen molar-refractivity contribution in [2.24, 2.45) is 0 Å². The van der Waals surface area contributed by atoms with Crippen LogP contribution in [-0.4, -0.2) is 64.9 Å². The fraction of sp³-hybridized carbons (Fsp3) is 0.318. The molecule has 9 nitrogen and oxygen atoms in total. The number of carbonyl (C=O) groups excluding carboxylic acids is 1. The maximum atomic E-state index is 12.8. The van der Waals surface area contributed by atoms with Crippen LogP contribution in [0, 0.1) is 6.92 Å². The van der Waals surface area contributed by atoms with Crippen LogP contribution in [0.4, 0.5) is 5.69 Å². The first-order chi connectivity index (χ1) is 15.9. The van der Waals surface area contributed by atoms with Crippen LogP contribution in [-0.2, 0) is 19.6 Å². The predicted molar refractivity (Wildman–Crippen MR) is 126 cm³/mol. The second-order valence-corrected chi connectivity index (χ2v) is 10.7. The number of anilines is 1. The molecule has 3 aromatic rings. The van der Waals surface area contributed by atoms with Crippen molar-refractivity contribution in [3.63, 3.8) is 0 Å². The van der Waals surface area contributed by atoms with E-state index < -0.39 is 15.3 Å². The van der Waals surface area contributed by atoms with E-state index in [0.717, 1.165) is 11.5 Å². The first-order valence-corrected chi connectivity index (χ1v) is 12.8. The molecule has 1 aliphatic heterocycles. The third kappa shape index (κ3) is 5.27. The highest BCUT2D eigenvalue weighted by Gasteiger charge is 2.26. The molecule has 0 radical (unpaired) electrons. The summed E-state index contributed by atoms with van der Waals surface area (Å²) < 4.78 is 34.0. The molecule has 11 heteroatoms. The number of carbonyl (C=O) groups is 1. The molecule has 1 amide bonds. The summed E-state index contributed by atoms with van der Waals surface area (Å²) in [5.74, 6) is 0.512. The topological polar surface area (TPSA) is 106 Å². The number of hydrogen-bond acceptors (Lipinski definition) is 7. The molecule has 2 aromatic carbocycles. The summed E-state index contributed by atoms with van der Waals surface area (Å²) in [5, 5.41) is 11.4. The van der Waals surface area contributed by atoms with Crippen molar-refractivity contribution >= 4 is 33.4 Å². The Bertz CT molecular complexity index is 1210. The van der Waals surface area contributed by atoms with E-state index in [1.807, 2.05) is 41.8 Å². The minimum Gasteiger partial charge on any atom is -0.379 e. The number of nitrogens with zero attached hydrogens (tertiary/aromatic N) is 4. The molecule has 0 aliphatic carbocycles. The number of ether oxygens (including phenoxy) is 1. The van der Waals surface area contributed by atoms with Crippen molar-refractivity contribution in [3.8, 4) is 5.69 Å². The number of nitrogens with one attached hydrogen (secondary N) is 1. The van der Waals surface area contributed by atoms with Crippen LogP contribution >= 0.6 is 11.8 Å². The highest BCUT2D eigenvalue weighted by atomic mass is 32.2. The van der Waals surface area contributed by atoms with Gasteiger partial charge in [0, 0.05) is 24.5 Å². The highest BCUT2D eigenvalue weighted by molar-refractivity contribution is 8.00. The van der Waals surface area contributed by atoms with Gasteiger partial charge in [0.05, 0.1) is 23.4 Å². The minimum absolute atomic E-state index is 0.191. The van der Waals surface area contributed by atoms with Gasteiger partial charge in [-0.15, -0.1) is 10.2 Å². The van der Waals surface area contributed by atoms with Crippen molar-refractivity contribution in [2.45, 2.75) is 29.1 Å². The zero-order chi connectivity index (χ0) is 23.4. The molecule has 1 saturated heterocycles. The molecule has 1 aliphatic rings. The molecule has 33 heavy (non-hydrogen) atoms. The number of benzene rings is 2. The van der Waals surface area contributed by atoms with Crippen molar-refractivity contribution in [3.05, 3.63) is 60.4 Å². The van der Waals surface area contributed by atoms with Gasteiger partial charge in [-0.1, -0.05) is 30.0 Å². The number of amides is 1. The van der Waals surface area contributed by atoms with Crippen LogP contribution in [0.25, 0.3) is 5.69 Å². The van der Waals surface area contributed by atoms with Gasteiger partial charge in [0.25, 0.3) is 0 Å². The zero-order valence-electron chi connectivity index (χ0n) is 18.3. The van der Waals surface area contributed by atoms with Crippen LogP contribution in [0.3, 0.4) is 0 Å². The molecule has 1 atom stereocenters. The average molecular weight is 488 g/mol. The third-order valence-electron chi connectivity index (χ3n) is 5.19. The number of sulfonamides is 1. The summed E-state index contributed by atoms with van der Waals surface area (Å²) in [5.41, 5.74) is 1.45. The molecule has 1 unspecified atom stereocenters. The number of hydrogen-bond donors (Lipinski definition) is 1. The van der Waals surface area contributed by atoms with E-state index >= 15 is 0 Å². The Balaban J connectivity index is 1.42. The van der Waals surface area contributed by atoms with Crippen LogP contribution < -0.4 is 5.32 Å². The lowest BCUT2D eigenvalue weighted by atomic mass is 10.3. The molecule has 0 saturated carbocycles. The molecule has 0 spiro atoms. The van der Waals surface area contributed by atoms with Crippen LogP contribution in [0.2, 0.25) is 0 Å². The lowest BCUT2D eigenvalue weighted by molar-refractivity contribution is -0.115. The Kier molecular flexibility index (Phi) is 7.13. The van der Waals surface area contributed by atoms with Gasteiger partial charge in [-0.05, 0) is 50.2 Å². The third-order valence-corrected chi connectivity index (χ3v) is 8.15. The first kappa shape index (κ1) is 23.4. The summed E-state index contributed by atoms with van der Waals surface area (Å²) in [6.45, 7) is 5.10. The van der Waals surface area contributed by atoms with Crippen LogP contribution in [0.15, 0.2) is 64.6 Å². The summed E-state index contributed by atoms with van der Waals surface area (Å²) >= 11 is 1.30. The Morgan fingerprint density at radius 3 is 2.39 bits per heavy atom. The van der Waals surface area contributed by atoms with E-state index in [0.29, 0.717) is 37.1 Å². The van der Waals surface area contributed by atoms with Crippen molar-refractivity contribution < 1.29 is 17.9 Å². The highest BCUT2D eigenvalue weighted by Crippen LogP contribution is 2.26. The van der Waals surface area contributed by atoms with E-state index in [4.69, 9.17) is 4.74 Å². The molecule has 1 N–H and O–H groups in total. The lowest BCUT2D eigenvalue weighted by Crippen LogP contribution is -2.40. The Labute approximate surface area is 197 Å². The van der Waals surface area contributed by atoms with Gasteiger partial charge in [0.1, 0.15) is 5.82 Å². The molecule has 1 fully saturated rings. The quantitative estimate of drug-likeness (QED) is 0.511. The molecular weight excluding hydrogens is 462 g/mol. The first-order valence-electron chi connectivity index (χ1n) is 10.5. The Morgan fingerprint density at radius 1 is 1.06 bits per heavy atom. The van der Waals surface area contributed by atoms with Gasteiger partial charge in [-0.25, -0.2) is 8.42 Å². The molecule has 0 bridgehead atoms. The van der Waals surface area contributed by atoms with E-state index in [9.17, 15) is 13.2 Å². The van der Waals surface area contributed by atoms with Crippen LogP contribution in [0.1, 0.15) is 12.7 Å². The van der Waals surface area contributed by atoms with E-state index in [1.165, 1.54) is 28.2 Å². The van der Waals surface area contributed by atoms with Crippen LogP contribution in [0.5, 0.6) is 0 Å². The number of morpholine rings is 1. The van der Waals surface area contributed by atoms with Crippen molar-refractivity contribution in [2.75, 3.05) is 31.6 Å². The average Bonchev–Trinajstić information content (AvgIpc) is 3.20. The summed E-state index contributed by atoms with van der Waals surface area (Å²) in [7, 11) is -3.57. The number of aryl methyl sites for hydroxylation is 1. The number of thioether (sulfide) groups is 1. The van der Waals surface area contributed by atoms with E-state index in [-0.39, 0.29) is 10.8 Å². The largest absolute Gasteiger partial charge is 0.379 e. The Hall–Kier alpha value is -2.73. The maximum absolute atomic E-state index is 12.8. The summed E-state index contributed by atoms with van der Waals surface area (Å²) in [6, 6.07) is 15.9. The predicted octanol–water partition coefficient (Wildman–Crippen LogP) is 2.72. The monoisotopic (exact) mass is 487 g/mol. The van der Waals surface area contributed by atoms with Gasteiger partial charge in [-0.3, -0.25) is 9.36 Å². The zero-order valence-corrected chi connectivity index (χ0v) is 20.0. The second kappa shape index (κ2) is 10.0. The fourth-order valence-electron chi connectivity index (χ4n) is 3.40. The van der Waals surface area contributed by atoms with Crippen molar-refractivity contribution in [1.29, 1.82) is 0 Å². The number of rotatable bonds is 7. The lowest BCUT2D eigenvalue weighted by Gasteiger charge is -2.26. The maximum Gasteiger partial charge on any atom is 0.243 e. The number of aromatic nitrogens is 3. The number of para-hydroxylation sites is 1. The molecule has 4 rings (SSSR count). The Morgan fingerprint density at radius 2 is 1.73 bits per heavy atom. The summed E-state index contributed by atoms with van der Waals surface area (Å²) in [6.07, 6.45) is 0. The summed E-state index contributed by atoms with van der Waals surface area (Å²) in [4.78, 5) is 13.0. The standard InChI is InChI=1S/C22H25N5O4S2/c1-16(32-22-25-24-17(2)27(22)19-6-4-3-5-7-19)21(28)23-18-8-10-20(11-9-18)33(29,30)26-12-14-31-15-13-26/h3-11,16H,12-15H2,1-2H3,(H,23,28). The van der Waals surface area contributed by atoms with Gasteiger partial charge in [0.15, 0.2) is 5.16 Å². The van der Waals surface area contributed by atoms with Crippen molar-refractivity contribution in [1.82, 2.24) is 19.1 Å². The second-order valence-electron chi connectivity index (χ2n) is 7.49. The van der Waals surface area contributed by atoms with Gasteiger partial charge in [0.2, 0.25) is 15.9 Å². The van der Waals surface area contributed by atoms with E-state index in [1.54, 1.807) is 19.1 Å². The normalized spacial score (nSPS) is 15.8. The fourth-order valence-corrected chi connectivity index (χ4v) is 5.72. The van der Waals surface area contributed by atoms with Gasteiger partial charge < -0.3 is 10.1 Å². The van der Waals surface area contributed by atoms with E-state index in [2.05, 4.69) is 15.5 Å². The molecule has 174 valence electrons. The SMILES string of the molecule is Cc1nnc(SC(C)C(=O)Nc2ccc(S(=O)(=O)N3CCOCC3)cc2)n1-c1ccccc1. The molecule has 2 heterocycles. The molecular formula is C22H25N5O4S2. The van der Waals surface area contributed by atoms with Gasteiger partial charge >= 0.3 is 0 Å². The minimum atomic E-state index is -3.57.